The second kappa shape index (κ2) is 11.0. The number of benzene rings is 2. The first kappa shape index (κ1) is 25.0. The maximum absolute atomic E-state index is 13.1. The van der Waals surface area contributed by atoms with Crippen LogP contribution in [0.5, 0.6) is 5.75 Å². The third kappa shape index (κ3) is 5.65. The van der Waals surface area contributed by atoms with Gasteiger partial charge in [0.2, 0.25) is 0 Å². The van der Waals surface area contributed by atoms with Gasteiger partial charge in [-0.2, -0.15) is 0 Å². The van der Waals surface area contributed by atoms with Crippen molar-refractivity contribution in [1.29, 1.82) is 0 Å². The van der Waals surface area contributed by atoms with E-state index in [1.807, 2.05) is 57.1 Å². The van der Waals surface area contributed by atoms with Crippen LogP contribution in [0.4, 0.5) is 0 Å². The van der Waals surface area contributed by atoms with E-state index in [1.165, 1.54) is 0 Å². The first-order valence-electron chi connectivity index (χ1n) is 11.2. The number of nitrogens with zero attached hydrogens (tertiary/aromatic N) is 2. The van der Waals surface area contributed by atoms with Crippen molar-refractivity contribution in [3.8, 4) is 5.75 Å². The third-order valence-electron chi connectivity index (χ3n) is 5.64. The van der Waals surface area contributed by atoms with Gasteiger partial charge in [0.05, 0.1) is 18.2 Å². The number of hydrogen-bond donors (Lipinski definition) is 1. The minimum Gasteiger partial charge on any atom is -0.507 e. The number of aliphatic hydroxyl groups excluding tert-OH is 1. The first-order chi connectivity index (χ1) is 15.7. The average Bonchev–Trinajstić information content (AvgIpc) is 3.03. The van der Waals surface area contributed by atoms with E-state index in [0.717, 1.165) is 40.7 Å². The summed E-state index contributed by atoms with van der Waals surface area (Å²) in [5.74, 6) is -0.666. The predicted octanol–water partition coefficient (Wildman–Crippen LogP) is 4.92. The molecule has 1 aliphatic heterocycles. The van der Waals surface area contributed by atoms with Gasteiger partial charge < -0.3 is 19.6 Å². The molecule has 0 radical (unpaired) electrons. The number of ketones is 1. The maximum Gasteiger partial charge on any atom is 0.295 e. The van der Waals surface area contributed by atoms with Gasteiger partial charge in [-0.1, -0.05) is 35.0 Å². The van der Waals surface area contributed by atoms with Crippen molar-refractivity contribution in [1.82, 2.24) is 9.80 Å². The van der Waals surface area contributed by atoms with Crippen LogP contribution in [0.2, 0.25) is 0 Å². The van der Waals surface area contributed by atoms with E-state index < -0.39 is 17.7 Å². The summed E-state index contributed by atoms with van der Waals surface area (Å²) in [5, 5.41) is 11.2. The highest BCUT2D eigenvalue weighted by Crippen LogP contribution is 2.40. The molecular formula is C26H31BrN2O4. The van der Waals surface area contributed by atoms with Crippen LogP contribution in [0.25, 0.3) is 5.76 Å². The second-order valence-electron chi connectivity index (χ2n) is 8.53. The van der Waals surface area contributed by atoms with Gasteiger partial charge in [-0.25, -0.2) is 0 Å². The molecule has 3 rings (SSSR count). The third-order valence-corrected chi connectivity index (χ3v) is 6.17. The van der Waals surface area contributed by atoms with Gasteiger partial charge in [-0.3, -0.25) is 9.59 Å². The Hall–Kier alpha value is -2.64. The summed E-state index contributed by atoms with van der Waals surface area (Å²) >= 11 is 3.44. The lowest BCUT2D eigenvalue weighted by atomic mass is 9.94. The molecule has 1 N–H and O–H groups in total. The zero-order valence-electron chi connectivity index (χ0n) is 19.6. The summed E-state index contributed by atoms with van der Waals surface area (Å²) in [4.78, 5) is 29.7. The highest BCUT2D eigenvalue weighted by atomic mass is 79.9. The van der Waals surface area contributed by atoms with E-state index in [1.54, 1.807) is 23.1 Å². The van der Waals surface area contributed by atoms with Gasteiger partial charge in [0.1, 0.15) is 11.5 Å². The zero-order valence-corrected chi connectivity index (χ0v) is 21.2. The highest BCUT2D eigenvalue weighted by molar-refractivity contribution is 9.10. The monoisotopic (exact) mass is 514 g/mol. The minimum absolute atomic E-state index is 0.119. The van der Waals surface area contributed by atoms with Gasteiger partial charge in [0, 0.05) is 16.6 Å². The number of ether oxygens (including phenoxy) is 1. The minimum atomic E-state index is -0.658. The Bertz CT molecular complexity index is 1050. The predicted molar refractivity (Wildman–Crippen MR) is 133 cm³/mol. The summed E-state index contributed by atoms with van der Waals surface area (Å²) in [5.41, 5.74) is 2.25. The van der Waals surface area contributed by atoms with Crippen LogP contribution >= 0.6 is 15.9 Å². The van der Waals surface area contributed by atoms with Crippen LogP contribution in [0.15, 0.2) is 52.5 Å². The molecule has 1 unspecified atom stereocenters. The van der Waals surface area contributed by atoms with Gasteiger partial charge >= 0.3 is 0 Å². The molecule has 0 aromatic heterocycles. The van der Waals surface area contributed by atoms with E-state index in [-0.39, 0.29) is 11.3 Å². The molecule has 1 heterocycles. The molecule has 1 amide bonds. The van der Waals surface area contributed by atoms with E-state index in [0.29, 0.717) is 18.7 Å². The van der Waals surface area contributed by atoms with Crippen LogP contribution in [-0.4, -0.2) is 60.4 Å². The number of aliphatic hydroxyl groups is 1. The van der Waals surface area contributed by atoms with Gasteiger partial charge in [0.15, 0.2) is 0 Å². The molecular weight excluding hydrogens is 484 g/mol. The summed E-state index contributed by atoms with van der Waals surface area (Å²) < 4.78 is 6.63. The Morgan fingerprint density at radius 2 is 1.85 bits per heavy atom. The number of carbonyl (C=O) groups is 2. The molecule has 33 heavy (non-hydrogen) atoms. The number of hydrogen-bond acceptors (Lipinski definition) is 5. The maximum atomic E-state index is 13.1. The van der Waals surface area contributed by atoms with Crippen LogP contribution < -0.4 is 4.74 Å². The van der Waals surface area contributed by atoms with Gasteiger partial charge in [-0.15, -0.1) is 0 Å². The Morgan fingerprint density at radius 3 is 2.45 bits per heavy atom. The fourth-order valence-corrected chi connectivity index (χ4v) is 4.25. The van der Waals surface area contributed by atoms with E-state index in [4.69, 9.17) is 4.74 Å². The van der Waals surface area contributed by atoms with Crippen molar-refractivity contribution in [2.45, 2.75) is 32.7 Å². The average molecular weight is 515 g/mol. The molecule has 2 aromatic carbocycles. The van der Waals surface area contributed by atoms with Crippen molar-refractivity contribution >= 4 is 33.4 Å². The fraction of sp³-hybridized carbons (Fsp3) is 0.385. The molecule has 0 bridgehead atoms. The topological polar surface area (TPSA) is 70.1 Å². The molecule has 1 saturated heterocycles. The summed E-state index contributed by atoms with van der Waals surface area (Å²) in [6.07, 6.45) is 1.61. The highest BCUT2D eigenvalue weighted by Gasteiger charge is 2.45. The number of aryl methyl sites for hydroxylation is 1. The lowest BCUT2D eigenvalue weighted by Gasteiger charge is -2.26. The molecule has 0 spiro atoms. The number of amides is 1. The lowest BCUT2D eigenvalue weighted by molar-refractivity contribution is -0.139. The van der Waals surface area contributed by atoms with Crippen LogP contribution in [0, 0.1) is 6.92 Å². The molecule has 1 fully saturated rings. The molecule has 2 aromatic rings. The smallest absolute Gasteiger partial charge is 0.295 e. The second-order valence-corrected chi connectivity index (χ2v) is 9.45. The normalized spacial score (nSPS) is 17.8. The summed E-state index contributed by atoms with van der Waals surface area (Å²) in [7, 11) is 3.94. The molecule has 6 nitrogen and oxygen atoms in total. The Balaban J connectivity index is 2.05. The number of rotatable bonds is 9. The van der Waals surface area contributed by atoms with Crippen LogP contribution in [0.3, 0.4) is 0 Å². The number of Topliss-reactive ketones (excluding diaryl/α,β-unsaturated/α-hetero) is 1. The fourth-order valence-electron chi connectivity index (χ4n) is 3.99. The number of halogens is 1. The molecule has 0 aliphatic carbocycles. The van der Waals surface area contributed by atoms with E-state index >= 15 is 0 Å². The lowest BCUT2D eigenvalue weighted by Crippen LogP contribution is -2.32. The van der Waals surface area contributed by atoms with Crippen molar-refractivity contribution in [3.63, 3.8) is 0 Å². The Morgan fingerprint density at radius 1 is 1.15 bits per heavy atom. The summed E-state index contributed by atoms with van der Waals surface area (Å²) in [6.45, 7) is 5.74. The molecule has 176 valence electrons. The van der Waals surface area contributed by atoms with Gasteiger partial charge in [-0.05, 0) is 81.9 Å². The van der Waals surface area contributed by atoms with Crippen LogP contribution in [-0.2, 0) is 9.59 Å². The van der Waals surface area contributed by atoms with Crippen molar-refractivity contribution in [2.75, 3.05) is 33.8 Å². The van der Waals surface area contributed by atoms with E-state index in [2.05, 4.69) is 15.9 Å². The summed E-state index contributed by atoms with van der Waals surface area (Å²) in [6, 6.07) is 12.2. The molecule has 1 atom stereocenters. The molecule has 1 aliphatic rings. The number of likely N-dealkylation sites (tertiary alicyclic amines) is 1. The van der Waals surface area contributed by atoms with Crippen molar-refractivity contribution in [3.05, 3.63) is 69.2 Å². The van der Waals surface area contributed by atoms with Gasteiger partial charge in [0.25, 0.3) is 11.7 Å². The Kier molecular flexibility index (Phi) is 8.32. The Labute approximate surface area is 204 Å². The largest absolute Gasteiger partial charge is 0.507 e. The quantitative estimate of drug-likeness (QED) is 0.292. The zero-order chi connectivity index (χ0) is 24.1. The van der Waals surface area contributed by atoms with E-state index in [9.17, 15) is 14.7 Å². The van der Waals surface area contributed by atoms with Crippen molar-refractivity contribution < 1.29 is 19.4 Å². The molecule has 0 saturated carbocycles. The first-order valence-corrected chi connectivity index (χ1v) is 12.0. The number of carbonyl (C=O) groups excluding carboxylic acids is 2. The SMILES string of the molecule is CCCOc1ccc(/C(O)=C2/C(=O)C(=O)N(CCCN(C)C)C2c2ccc(Br)cc2)cc1C. The molecule has 7 heteroatoms. The van der Waals surface area contributed by atoms with Crippen molar-refractivity contribution in [2.24, 2.45) is 0 Å². The van der Waals surface area contributed by atoms with Crippen LogP contribution in [0.1, 0.15) is 42.5 Å². The standard InChI is InChI=1S/C26H31BrN2O4/c1-5-15-33-21-12-9-19(16-17(21)2)24(30)22-23(18-7-10-20(27)11-8-18)29(26(32)25(22)31)14-6-13-28(3)4/h7-12,16,23,30H,5-6,13-15H2,1-4H3/b24-22-.